The zero-order valence-electron chi connectivity index (χ0n) is 11.6. The quantitative estimate of drug-likeness (QED) is 0.466. The van der Waals surface area contributed by atoms with E-state index >= 15 is 0 Å². The van der Waals surface area contributed by atoms with E-state index in [1.807, 2.05) is 13.8 Å². The molecule has 0 aliphatic rings. The van der Waals surface area contributed by atoms with Gasteiger partial charge in [-0.2, -0.15) is 0 Å². The molecule has 8 nitrogen and oxygen atoms in total. The van der Waals surface area contributed by atoms with Crippen LogP contribution in [0.4, 0.5) is 5.69 Å². The van der Waals surface area contributed by atoms with Crippen molar-refractivity contribution in [2.45, 2.75) is 26.3 Å². The SMILES string of the molecule is CC(C)NC(=O)CCNC(=O)c1cc(Cl)ncc1[N+](=O)[O-]. The van der Waals surface area contributed by atoms with E-state index in [1.54, 1.807) is 0 Å². The van der Waals surface area contributed by atoms with Crippen molar-refractivity contribution in [3.63, 3.8) is 0 Å². The minimum absolute atomic E-state index is 0.00768. The lowest BCUT2D eigenvalue weighted by molar-refractivity contribution is -0.385. The summed E-state index contributed by atoms with van der Waals surface area (Å²) in [7, 11) is 0. The number of aromatic nitrogens is 1. The monoisotopic (exact) mass is 314 g/mol. The van der Waals surface area contributed by atoms with Crippen molar-refractivity contribution in [2.24, 2.45) is 0 Å². The second-order valence-electron chi connectivity index (χ2n) is 4.51. The molecular weight excluding hydrogens is 300 g/mol. The number of halogens is 1. The van der Waals surface area contributed by atoms with Gasteiger partial charge in [0, 0.05) is 19.0 Å². The Morgan fingerprint density at radius 1 is 1.48 bits per heavy atom. The number of amides is 2. The van der Waals surface area contributed by atoms with Crippen molar-refractivity contribution >= 4 is 29.1 Å². The number of carbonyl (C=O) groups excluding carboxylic acids is 2. The number of hydrogen-bond donors (Lipinski definition) is 2. The highest BCUT2D eigenvalue weighted by molar-refractivity contribution is 6.29. The number of nitro groups is 1. The topological polar surface area (TPSA) is 114 Å². The number of pyridine rings is 1. The third-order valence-electron chi connectivity index (χ3n) is 2.38. The van der Waals surface area contributed by atoms with Crippen LogP contribution in [0.15, 0.2) is 12.3 Å². The van der Waals surface area contributed by atoms with Gasteiger partial charge in [0.05, 0.1) is 4.92 Å². The molecule has 0 saturated heterocycles. The summed E-state index contributed by atoms with van der Waals surface area (Å²) in [5.41, 5.74) is -0.632. The first-order valence-electron chi connectivity index (χ1n) is 6.18. The van der Waals surface area contributed by atoms with Crippen LogP contribution >= 0.6 is 11.6 Å². The molecule has 114 valence electrons. The van der Waals surface area contributed by atoms with Crippen LogP contribution in [0.25, 0.3) is 0 Å². The van der Waals surface area contributed by atoms with E-state index in [4.69, 9.17) is 11.6 Å². The average molecular weight is 315 g/mol. The van der Waals surface area contributed by atoms with Crippen molar-refractivity contribution in [3.05, 3.63) is 33.1 Å². The lowest BCUT2D eigenvalue weighted by Crippen LogP contribution is -2.34. The van der Waals surface area contributed by atoms with Crippen LogP contribution in [0, 0.1) is 10.1 Å². The van der Waals surface area contributed by atoms with E-state index in [0.717, 1.165) is 12.3 Å². The van der Waals surface area contributed by atoms with Gasteiger partial charge in [-0.25, -0.2) is 4.98 Å². The van der Waals surface area contributed by atoms with Crippen LogP contribution in [0.2, 0.25) is 5.15 Å². The number of hydrogen-bond acceptors (Lipinski definition) is 5. The highest BCUT2D eigenvalue weighted by Gasteiger charge is 2.21. The first-order valence-corrected chi connectivity index (χ1v) is 6.56. The van der Waals surface area contributed by atoms with Gasteiger partial charge in [-0.05, 0) is 19.9 Å². The molecule has 1 heterocycles. The average Bonchev–Trinajstić information content (AvgIpc) is 2.37. The molecule has 0 atom stereocenters. The van der Waals surface area contributed by atoms with E-state index in [9.17, 15) is 19.7 Å². The van der Waals surface area contributed by atoms with Gasteiger partial charge in [0.2, 0.25) is 5.91 Å². The van der Waals surface area contributed by atoms with Gasteiger partial charge >= 0.3 is 0 Å². The molecule has 0 spiro atoms. The normalized spacial score (nSPS) is 10.3. The molecule has 2 amide bonds. The molecule has 0 aromatic carbocycles. The smallest absolute Gasteiger partial charge is 0.300 e. The minimum atomic E-state index is -0.719. The Labute approximate surface area is 126 Å². The fraction of sp³-hybridized carbons (Fsp3) is 0.417. The molecule has 21 heavy (non-hydrogen) atoms. The van der Waals surface area contributed by atoms with Crippen LogP contribution in [0.1, 0.15) is 30.6 Å². The zero-order chi connectivity index (χ0) is 16.0. The maximum Gasteiger partial charge on any atom is 0.300 e. The summed E-state index contributed by atoms with van der Waals surface area (Å²) < 4.78 is 0. The summed E-state index contributed by atoms with van der Waals surface area (Å²) in [5, 5.41) is 15.9. The van der Waals surface area contributed by atoms with Gasteiger partial charge in [-0.1, -0.05) is 11.6 Å². The maximum atomic E-state index is 11.9. The Hall–Kier alpha value is -2.22. The minimum Gasteiger partial charge on any atom is -0.354 e. The molecule has 1 aromatic rings. The molecule has 0 radical (unpaired) electrons. The third kappa shape index (κ3) is 5.35. The van der Waals surface area contributed by atoms with Crippen molar-refractivity contribution in [2.75, 3.05) is 6.54 Å². The van der Waals surface area contributed by atoms with Crippen LogP contribution in [0.3, 0.4) is 0 Å². The number of carbonyl (C=O) groups is 2. The molecule has 1 aromatic heterocycles. The Balaban J connectivity index is 2.66. The van der Waals surface area contributed by atoms with Crippen molar-refractivity contribution in [1.29, 1.82) is 0 Å². The Bertz CT molecular complexity index is 562. The van der Waals surface area contributed by atoms with Crippen molar-refractivity contribution in [1.82, 2.24) is 15.6 Å². The molecule has 0 fully saturated rings. The van der Waals surface area contributed by atoms with Crippen LogP contribution < -0.4 is 10.6 Å². The molecule has 0 aliphatic carbocycles. The largest absolute Gasteiger partial charge is 0.354 e. The van der Waals surface area contributed by atoms with Crippen molar-refractivity contribution in [3.8, 4) is 0 Å². The first kappa shape index (κ1) is 16.8. The van der Waals surface area contributed by atoms with E-state index < -0.39 is 16.5 Å². The molecule has 0 bridgehead atoms. The summed E-state index contributed by atoms with van der Waals surface area (Å²) >= 11 is 5.63. The summed E-state index contributed by atoms with van der Waals surface area (Å²) in [6.07, 6.45) is 0.999. The van der Waals surface area contributed by atoms with Gasteiger partial charge in [0.15, 0.2) is 0 Å². The van der Waals surface area contributed by atoms with Crippen LogP contribution in [0.5, 0.6) is 0 Å². The predicted octanol–water partition coefficient (Wildman–Crippen LogP) is 1.29. The highest BCUT2D eigenvalue weighted by atomic mass is 35.5. The Kier molecular flexibility index (Phi) is 6.04. The highest BCUT2D eigenvalue weighted by Crippen LogP contribution is 2.20. The zero-order valence-corrected chi connectivity index (χ0v) is 12.3. The first-order chi connectivity index (χ1) is 9.81. The number of nitrogens with one attached hydrogen (secondary N) is 2. The van der Waals surface area contributed by atoms with Crippen LogP contribution in [-0.4, -0.2) is 34.3 Å². The van der Waals surface area contributed by atoms with Crippen LogP contribution in [-0.2, 0) is 4.79 Å². The predicted molar refractivity (Wildman–Crippen MR) is 76.1 cm³/mol. The molecule has 9 heteroatoms. The lowest BCUT2D eigenvalue weighted by Gasteiger charge is -2.09. The third-order valence-corrected chi connectivity index (χ3v) is 2.58. The molecular formula is C12H15ClN4O4. The molecule has 1 rings (SSSR count). The fourth-order valence-electron chi connectivity index (χ4n) is 1.53. The van der Waals surface area contributed by atoms with Gasteiger partial charge in [-0.3, -0.25) is 19.7 Å². The Morgan fingerprint density at radius 2 is 2.14 bits per heavy atom. The maximum absolute atomic E-state index is 11.9. The van der Waals surface area contributed by atoms with Crippen molar-refractivity contribution < 1.29 is 14.5 Å². The summed E-state index contributed by atoms with van der Waals surface area (Å²) in [5.74, 6) is -0.893. The van der Waals surface area contributed by atoms with E-state index in [-0.39, 0.29) is 35.6 Å². The number of nitrogens with zero attached hydrogens (tertiary/aromatic N) is 2. The second-order valence-corrected chi connectivity index (χ2v) is 4.90. The lowest BCUT2D eigenvalue weighted by atomic mass is 10.2. The second kappa shape index (κ2) is 7.53. The standard InChI is InChI=1S/C12H15ClN4O4/c1-7(2)16-11(18)3-4-14-12(19)8-5-10(13)15-6-9(8)17(20)21/h5-7H,3-4H2,1-2H3,(H,14,19)(H,16,18). The van der Waals surface area contributed by atoms with Gasteiger partial charge in [-0.15, -0.1) is 0 Å². The van der Waals surface area contributed by atoms with Gasteiger partial charge < -0.3 is 10.6 Å². The summed E-state index contributed by atoms with van der Waals surface area (Å²) in [6, 6.07) is 1.12. The van der Waals surface area contributed by atoms with E-state index in [2.05, 4.69) is 15.6 Å². The molecule has 2 N–H and O–H groups in total. The van der Waals surface area contributed by atoms with E-state index in [1.165, 1.54) is 0 Å². The van der Waals surface area contributed by atoms with Gasteiger partial charge in [0.25, 0.3) is 11.6 Å². The Morgan fingerprint density at radius 3 is 2.71 bits per heavy atom. The summed E-state index contributed by atoms with van der Waals surface area (Å²) in [6.45, 7) is 3.70. The molecule has 0 aliphatic heterocycles. The summed E-state index contributed by atoms with van der Waals surface area (Å²) in [4.78, 5) is 37.0. The van der Waals surface area contributed by atoms with E-state index in [0.29, 0.717) is 0 Å². The number of rotatable bonds is 6. The molecule has 0 unspecified atom stereocenters. The molecule has 0 saturated carbocycles. The fourth-order valence-corrected chi connectivity index (χ4v) is 1.69. The van der Waals surface area contributed by atoms with Gasteiger partial charge in [0.1, 0.15) is 16.9 Å².